The molecule has 1 saturated carbocycles. The Morgan fingerprint density at radius 2 is 2.04 bits per heavy atom. The molecule has 1 atom stereocenters. The average Bonchev–Trinajstić information content (AvgIpc) is 3.13. The van der Waals surface area contributed by atoms with Crippen molar-refractivity contribution in [2.24, 2.45) is 0 Å². The Kier molecular flexibility index (Phi) is 3.84. The van der Waals surface area contributed by atoms with Gasteiger partial charge in [-0.15, -0.1) is 5.10 Å². The summed E-state index contributed by atoms with van der Waals surface area (Å²) in [6.07, 6.45) is 5.40. The number of amides is 2. The van der Waals surface area contributed by atoms with Crippen LogP contribution < -0.4 is 10.1 Å². The van der Waals surface area contributed by atoms with Gasteiger partial charge in [0.05, 0.1) is 18.8 Å². The van der Waals surface area contributed by atoms with Crippen molar-refractivity contribution >= 4 is 11.7 Å². The molecule has 2 aliphatic rings. The van der Waals surface area contributed by atoms with Crippen LogP contribution in [0.25, 0.3) is 0 Å². The summed E-state index contributed by atoms with van der Waals surface area (Å²) < 4.78 is 7.05. The van der Waals surface area contributed by atoms with Crippen molar-refractivity contribution in [1.29, 1.82) is 0 Å². The fourth-order valence-corrected chi connectivity index (χ4v) is 3.05. The molecule has 126 valence electrons. The van der Waals surface area contributed by atoms with E-state index in [1.165, 1.54) is 12.8 Å². The zero-order valence-electron chi connectivity index (χ0n) is 13.7. The van der Waals surface area contributed by atoms with Gasteiger partial charge in [-0.2, -0.15) is 0 Å². The highest BCUT2D eigenvalue weighted by molar-refractivity contribution is 5.89. The number of carbonyl (C=O) groups excluding carboxylic acids is 1. The molecule has 7 heteroatoms. The third-order valence-electron chi connectivity index (χ3n) is 4.69. The van der Waals surface area contributed by atoms with E-state index in [9.17, 15) is 4.79 Å². The molecule has 1 N–H and O–H groups in total. The summed E-state index contributed by atoms with van der Waals surface area (Å²) in [4.78, 5) is 14.2. The minimum absolute atomic E-state index is 0.0785. The van der Waals surface area contributed by atoms with E-state index in [2.05, 4.69) is 15.6 Å². The fraction of sp³-hybridized carbons (Fsp3) is 0.471. The van der Waals surface area contributed by atoms with Gasteiger partial charge in [-0.1, -0.05) is 5.21 Å². The summed E-state index contributed by atoms with van der Waals surface area (Å²) >= 11 is 0. The smallest absolute Gasteiger partial charge is 0.321 e. The maximum Gasteiger partial charge on any atom is 0.321 e. The highest BCUT2D eigenvalue weighted by Gasteiger charge is 2.31. The van der Waals surface area contributed by atoms with Crippen LogP contribution in [0.4, 0.5) is 10.5 Å². The lowest BCUT2D eigenvalue weighted by Crippen LogP contribution is -2.33. The second-order valence-electron chi connectivity index (χ2n) is 6.44. The molecular formula is C17H21N5O2. The number of ether oxygens (including phenoxy) is 1. The SMILES string of the molecule is COc1ccc(NC(=O)N2CCC(n3cc(C4CC4)nn3)C2)cc1. The Hall–Kier alpha value is -2.57. The van der Waals surface area contributed by atoms with E-state index in [1.54, 1.807) is 7.11 Å². The lowest BCUT2D eigenvalue weighted by atomic mass is 10.2. The molecular weight excluding hydrogens is 306 g/mol. The molecule has 0 radical (unpaired) electrons. The summed E-state index contributed by atoms with van der Waals surface area (Å²) in [7, 11) is 1.62. The van der Waals surface area contributed by atoms with Crippen LogP contribution in [-0.4, -0.2) is 46.1 Å². The molecule has 1 aromatic carbocycles. The van der Waals surface area contributed by atoms with E-state index < -0.39 is 0 Å². The van der Waals surface area contributed by atoms with E-state index in [0.29, 0.717) is 12.5 Å². The second-order valence-corrected chi connectivity index (χ2v) is 6.44. The van der Waals surface area contributed by atoms with Gasteiger partial charge in [0.25, 0.3) is 0 Å². The minimum Gasteiger partial charge on any atom is -0.497 e. The molecule has 2 fully saturated rings. The van der Waals surface area contributed by atoms with E-state index in [-0.39, 0.29) is 12.1 Å². The normalized spacial score (nSPS) is 20.2. The maximum absolute atomic E-state index is 12.4. The highest BCUT2D eigenvalue weighted by atomic mass is 16.5. The number of benzene rings is 1. The standard InChI is InChI=1S/C17H21N5O2/c1-24-15-6-4-13(5-7-15)18-17(23)21-9-8-14(10-21)22-11-16(19-20-22)12-2-3-12/h4-7,11-12,14H,2-3,8-10H2,1H3,(H,18,23). The van der Waals surface area contributed by atoms with E-state index >= 15 is 0 Å². The number of anilines is 1. The van der Waals surface area contributed by atoms with E-state index in [1.807, 2.05) is 40.0 Å². The van der Waals surface area contributed by atoms with Crippen molar-refractivity contribution in [3.8, 4) is 5.75 Å². The Morgan fingerprint density at radius 1 is 1.25 bits per heavy atom. The molecule has 1 aliphatic carbocycles. The third kappa shape index (κ3) is 3.06. The maximum atomic E-state index is 12.4. The van der Waals surface area contributed by atoms with Crippen molar-refractivity contribution < 1.29 is 9.53 Å². The van der Waals surface area contributed by atoms with Crippen LogP contribution in [0.2, 0.25) is 0 Å². The Balaban J connectivity index is 1.35. The van der Waals surface area contributed by atoms with Crippen molar-refractivity contribution in [2.45, 2.75) is 31.2 Å². The van der Waals surface area contributed by atoms with Gasteiger partial charge in [0.15, 0.2) is 0 Å². The quantitative estimate of drug-likeness (QED) is 0.937. The molecule has 0 spiro atoms. The highest BCUT2D eigenvalue weighted by Crippen LogP contribution is 2.39. The van der Waals surface area contributed by atoms with Gasteiger partial charge in [0.2, 0.25) is 0 Å². The van der Waals surface area contributed by atoms with E-state index in [0.717, 1.165) is 30.1 Å². The number of methoxy groups -OCH3 is 1. The zero-order chi connectivity index (χ0) is 16.5. The lowest BCUT2D eigenvalue weighted by molar-refractivity contribution is 0.220. The van der Waals surface area contributed by atoms with Crippen LogP contribution in [-0.2, 0) is 0 Å². The first-order valence-electron chi connectivity index (χ1n) is 8.34. The van der Waals surface area contributed by atoms with Crippen molar-refractivity contribution in [2.75, 3.05) is 25.5 Å². The summed E-state index contributed by atoms with van der Waals surface area (Å²) in [5.41, 5.74) is 1.86. The number of nitrogens with zero attached hydrogens (tertiary/aromatic N) is 4. The number of hydrogen-bond donors (Lipinski definition) is 1. The van der Waals surface area contributed by atoms with Gasteiger partial charge in [0, 0.05) is 30.9 Å². The molecule has 0 bridgehead atoms. The minimum atomic E-state index is -0.0785. The number of hydrogen-bond acceptors (Lipinski definition) is 4. The number of aromatic nitrogens is 3. The largest absolute Gasteiger partial charge is 0.497 e. The molecule has 1 aromatic heterocycles. The molecule has 7 nitrogen and oxygen atoms in total. The van der Waals surface area contributed by atoms with Gasteiger partial charge >= 0.3 is 6.03 Å². The first-order chi connectivity index (χ1) is 11.7. The Morgan fingerprint density at radius 3 is 2.75 bits per heavy atom. The van der Waals surface area contributed by atoms with Crippen LogP contribution >= 0.6 is 0 Å². The van der Waals surface area contributed by atoms with Gasteiger partial charge in [0.1, 0.15) is 5.75 Å². The molecule has 1 saturated heterocycles. The van der Waals surface area contributed by atoms with Gasteiger partial charge in [-0.25, -0.2) is 9.48 Å². The van der Waals surface area contributed by atoms with Gasteiger partial charge in [-0.3, -0.25) is 0 Å². The predicted octanol–water partition coefficient (Wildman–Crippen LogP) is 2.64. The Labute approximate surface area is 140 Å². The molecule has 1 unspecified atom stereocenters. The van der Waals surface area contributed by atoms with E-state index in [4.69, 9.17) is 4.74 Å². The van der Waals surface area contributed by atoms with Crippen LogP contribution in [0.1, 0.15) is 36.9 Å². The summed E-state index contributed by atoms with van der Waals surface area (Å²) in [6, 6.07) is 7.47. The average molecular weight is 327 g/mol. The molecule has 2 heterocycles. The molecule has 1 aliphatic heterocycles. The first-order valence-corrected chi connectivity index (χ1v) is 8.34. The second kappa shape index (κ2) is 6.14. The Bertz CT molecular complexity index is 723. The number of nitrogens with one attached hydrogen (secondary N) is 1. The van der Waals surface area contributed by atoms with Crippen LogP contribution in [0.3, 0.4) is 0 Å². The van der Waals surface area contributed by atoms with Gasteiger partial charge < -0.3 is 15.0 Å². The summed E-state index contributed by atoms with van der Waals surface area (Å²) in [5, 5.41) is 11.4. The number of likely N-dealkylation sites (tertiary alicyclic amines) is 1. The molecule has 2 aromatic rings. The monoisotopic (exact) mass is 327 g/mol. The fourth-order valence-electron chi connectivity index (χ4n) is 3.05. The first kappa shape index (κ1) is 15.0. The molecule has 24 heavy (non-hydrogen) atoms. The van der Waals surface area contributed by atoms with Crippen molar-refractivity contribution in [3.63, 3.8) is 0 Å². The number of rotatable bonds is 4. The van der Waals surface area contributed by atoms with Crippen molar-refractivity contribution in [3.05, 3.63) is 36.2 Å². The van der Waals surface area contributed by atoms with Crippen LogP contribution in [0, 0.1) is 0 Å². The van der Waals surface area contributed by atoms with Crippen LogP contribution in [0.5, 0.6) is 5.75 Å². The zero-order valence-corrected chi connectivity index (χ0v) is 13.7. The van der Waals surface area contributed by atoms with Crippen molar-refractivity contribution in [1.82, 2.24) is 19.9 Å². The topological polar surface area (TPSA) is 72.3 Å². The lowest BCUT2D eigenvalue weighted by Gasteiger charge is -2.17. The summed E-state index contributed by atoms with van der Waals surface area (Å²) in [5.74, 6) is 1.38. The number of carbonyl (C=O) groups is 1. The van der Waals surface area contributed by atoms with Crippen LogP contribution in [0.15, 0.2) is 30.5 Å². The summed E-state index contributed by atoms with van der Waals surface area (Å²) in [6.45, 7) is 1.39. The third-order valence-corrected chi connectivity index (χ3v) is 4.69. The molecule has 4 rings (SSSR count). The number of urea groups is 1. The molecule has 2 amide bonds. The predicted molar refractivity (Wildman–Crippen MR) is 89.2 cm³/mol. The van der Waals surface area contributed by atoms with Gasteiger partial charge in [-0.05, 0) is 43.5 Å².